The summed E-state index contributed by atoms with van der Waals surface area (Å²) in [7, 11) is 0. The van der Waals surface area contributed by atoms with Crippen LogP contribution < -0.4 is 4.74 Å². The van der Waals surface area contributed by atoms with Gasteiger partial charge in [-0.3, -0.25) is 9.97 Å². The predicted molar refractivity (Wildman–Crippen MR) is 123 cm³/mol. The highest BCUT2D eigenvalue weighted by Gasteiger charge is 2.34. The van der Waals surface area contributed by atoms with Crippen molar-refractivity contribution in [1.82, 2.24) is 29.5 Å². The normalized spacial score (nSPS) is 14.6. The molecular formula is C26H16N6O. The summed E-state index contributed by atoms with van der Waals surface area (Å²) in [5.74, 6) is 1.79. The van der Waals surface area contributed by atoms with Crippen LogP contribution in [-0.2, 0) is 0 Å². The number of pyridine rings is 2. The van der Waals surface area contributed by atoms with Crippen molar-refractivity contribution in [3.05, 3.63) is 108 Å². The summed E-state index contributed by atoms with van der Waals surface area (Å²) >= 11 is 0. The van der Waals surface area contributed by atoms with Crippen LogP contribution in [0.5, 0.6) is 11.6 Å². The summed E-state index contributed by atoms with van der Waals surface area (Å²) in [5, 5.41) is 6.82. The standard InChI is InChI=1S/C26H16N6O/c1-2-8-19-16(5-1)9-10-20-21(17-6-3-11-27-13-17)22-25-30-24(18-7-4-12-28-14-18)31-32(25)15-29-26(22)33-23(19)20/h1-15,21H/t21-/m0/s1. The van der Waals surface area contributed by atoms with Gasteiger partial charge in [0.25, 0.3) is 0 Å². The van der Waals surface area contributed by atoms with Gasteiger partial charge in [0, 0.05) is 47.2 Å². The Balaban J connectivity index is 1.53. The van der Waals surface area contributed by atoms with Gasteiger partial charge in [0.2, 0.25) is 5.88 Å². The third-order valence-electron chi connectivity index (χ3n) is 6.03. The summed E-state index contributed by atoms with van der Waals surface area (Å²) in [4.78, 5) is 18.1. The number of aromatic nitrogens is 6. The maximum absolute atomic E-state index is 6.44. The minimum absolute atomic E-state index is 0.149. The molecule has 0 radical (unpaired) electrons. The zero-order chi connectivity index (χ0) is 21.8. The Kier molecular flexibility index (Phi) is 3.77. The maximum atomic E-state index is 6.44. The second-order valence-corrected chi connectivity index (χ2v) is 7.94. The van der Waals surface area contributed by atoms with Gasteiger partial charge in [-0.2, -0.15) is 0 Å². The lowest BCUT2D eigenvalue weighted by molar-refractivity contribution is 0.437. The van der Waals surface area contributed by atoms with Gasteiger partial charge >= 0.3 is 0 Å². The predicted octanol–water partition coefficient (Wildman–Crippen LogP) is 5.02. The monoisotopic (exact) mass is 428 g/mol. The molecule has 0 unspecified atom stereocenters. The Bertz CT molecular complexity index is 1650. The first-order chi connectivity index (χ1) is 16.4. The molecule has 4 aromatic heterocycles. The van der Waals surface area contributed by atoms with E-state index in [1.807, 2.05) is 36.5 Å². The maximum Gasteiger partial charge on any atom is 0.228 e. The molecule has 2 aromatic carbocycles. The molecule has 33 heavy (non-hydrogen) atoms. The Morgan fingerprint density at radius 2 is 1.73 bits per heavy atom. The molecule has 1 atom stereocenters. The quantitative estimate of drug-likeness (QED) is 0.385. The lowest BCUT2D eigenvalue weighted by Crippen LogP contribution is -2.15. The highest BCUT2D eigenvalue weighted by Crippen LogP contribution is 2.50. The number of ether oxygens (including phenoxy) is 1. The van der Waals surface area contributed by atoms with Crippen LogP contribution in [0, 0.1) is 0 Å². The summed E-state index contributed by atoms with van der Waals surface area (Å²) in [5.41, 5.74) is 4.51. The van der Waals surface area contributed by atoms with Crippen LogP contribution >= 0.6 is 0 Å². The Labute approximate surface area is 188 Å². The van der Waals surface area contributed by atoms with Gasteiger partial charge in [-0.15, -0.1) is 5.10 Å². The van der Waals surface area contributed by atoms with Crippen molar-refractivity contribution >= 4 is 16.4 Å². The molecule has 1 aliphatic heterocycles. The summed E-state index contributed by atoms with van der Waals surface area (Å²) in [6.45, 7) is 0. The van der Waals surface area contributed by atoms with E-state index >= 15 is 0 Å². The van der Waals surface area contributed by atoms with E-state index in [9.17, 15) is 0 Å². The molecule has 0 N–H and O–H groups in total. The van der Waals surface area contributed by atoms with Gasteiger partial charge in [0.15, 0.2) is 11.5 Å². The fourth-order valence-electron chi connectivity index (χ4n) is 4.56. The number of nitrogens with zero attached hydrogens (tertiary/aromatic N) is 6. The fourth-order valence-corrected chi connectivity index (χ4v) is 4.56. The average Bonchev–Trinajstić information content (AvgIpc) is 3.33. The van der Waals surface area contributed by atoms with Crippen LogP contribution in [0.15, 0.2) is 91.8 Å². The molecule has 7 nitrogen and oxygen atoms in total. The average molecular weight is 428 g/mol. The first-order valence-corrected chi connectivity index (χ1v) is 10.6. The molecule has 0 saturated heterocycles. The topological polar surface area (TPSA) is 78.1 Å². The molecule has 7 rings (SSSR count). The largest absolute Gasteiger partial charge is 0.438 e. The van der Waals surface area contributed by atoms with Crippen molar-refractivity contribution in [3.8, 4) is 23.0 Å². The molecule has 1 aliphatic rings. The van der Waals surface area contributed by atoms with E-state index in [4.69, 9.17) is 9.72 Å². The van der Waals surface area contributed by atoms with Gasteiger partial charge in [-0.25, -0.2) is 14.5 Å². The van der Waals surface area contributed by atoms with E-state index in [0.29, 0.717) is 17.4 Å². The number of rotatable bonds is 2. The van der Waals surface area contributed by atoms with Crippen LogP contribution in [0.4, 0.5) is 0 Å². The Morgan fingerprint density at radius 3 is 2.58 bits per heavy atom. The van der Waals surface area contributed by atoms with Crippen molar-refractivity contribution in [2.24, 2.45) is 0 Å². The molecule has 0 aliphatic carbocycles. The van der Waals surface area contributed by atoms with Crippen molar-refractivity contribution < 1.29 is 4.74 Å². The van der Waals surface area contributed by atoms with E-state index in [-0.39, 0.29) is 5.92 Å². The zero-order valence-corrected chi connectivity index (χ0v) is 17.3. The molecule has 0 amide bonds. The Hall–Kier alpha value is -4.65. The lowest BCUT2D eigenvalue weighted by atomic mass is 9.83. The first kappa shape index (κ1) is 18.0. The summed E-state index contributed by atoms with van der Waals surface area (Å²) in [6, 6.07) is 20.3. The minimum atomic E-state index is -0.149. The second kappa shape index (κ2) is 6.93. The molecule has 7 heteroatoms. The zero-order valence-electron chi connectivity index (χ0n) is 17.3. The van der Waals surface area contributed by atoms with Gasteiger partial charge in [0.05, 0.1) is 5.56 Å². The first-order valence-electron chi connectivity index (χ1n) is 10.6. The number of fused-ring (bicyclic) bond motifs is 6. The van der Waals surface area contributed by atoms with Crippen LogP contribution in [0.25, 0.3) is 27.8 Å². The van der Waals surface area contributed by atoms with E-state index in [1.165, 1.54) is 0 Å². The van der Waals surface area contributed by atoms with Crippen molar-refractivity contribution in [2.45, 2.75) is 5.92 Å². The molecule has 0 fully saturated rings. The number of hydrogen-bond acceptors (Lipinski definition) is 6. The third kappa shape index (κ3) is 2.72. The van der Waals surface area contributed by atoms with Crippen molar-refractivity contribution in [1.29, 1.82) is 0 Å². The van der Waals surface area contributed by atoms with Gasteiger partial charge < -0.3 is 4.74 Å². The summed E-state index contributed by atoms with van der Waals surface area (Å²) < 4.78 is 8.15. The number of benzene rings is 2. The highest BCUT2D eigenvalue weighted by molar-refractivity contribution is 5.91. The third-order valence-corrected chi connectivity index (χ3v) is 6.03. The molecule has 5 heterocycles. The van der Waals surface area contributed by atoms with Gasteiger partial charge in [-0.1, -0.05) is 42.5 Å². The molecular weight excluding hydrogens is 412 g/mol. The molecule has 6 aromatic rings. The summed E-state index contributed by atoms with van der Waals surface area (Å²) in [6.07, 6.45) is 8.81. The number of hydrogen-bond donors (Lipinski definition) is 0. The van der Waals surface area contributed by atoms with E-state index in [1.54, 1.807) is 29.4 Å². The van der Waals surface area contributed by atoms with Crippen LogP contribution in [-0.4, -0.2) is 29.5 Å². The van der Waals surface area contributed by atoms with Gasteiger partial charge in [-0.05, 0) is 29.1 Å². The highest BCUT2D eigenvalue weighted by atomic mass is 16.5. The lowest BCUT2D eigenvalue weighted by Gasteiger charge is -2.28. The van der Waals surface area contributed by atoms with Crippen LogP contribution in [0.2, 0.25) is 0 Å². The van der Waals surface area contributed by atoms with Crippen molar-refractivity contribution in [3.63, 3.8) is 0 Å². The second-order valence-electron chi connectivity index (χ2n) is 7.94. The van der Waals surface area contributed by atoms with Crippen LogP contribution in [0.3, 0.4) is 0 Å². The SMILES string of the molecule is c1cncc(-c2nc3c4c(ncn3n2)Oc2c(ccc3ccccc23)[C@@H]4c2cccnc2)c1. The van der Waals surface area contributed by atoms with E-state index in [0.717, 1.165) is 38.8 Å². The Morgan fingerprint density at radius 1 is 0.848 bits per heavy atom. The minimum Gasteiger partial charge on any atom is -0.438 e. The molecule has 0 saturated carbocycles. The van der Waals surface area contributed by atoms with E-state index < -0.39 is 0 Å². The van der Waals surface area contributed by atoms with E-state index in [2.05, 4.69) is 50.4 Å². The van der Waals surface area contributed by atoms with Crippen molar-refractivity contribution in [2.75, 3.05) is 0 Å². The molecule has 156 valence electrons. The smallest absolute Gasteiger partial charge is 0.228 e. The molecule has 0 spiro atoms. The molecule has 0 bridgehead atoms. The fraction of sp³-hybridized carbons (Fsp3) is 0.0385. The van der Waals surface area contributed by atoms with Crippen LogP contribution in [0.1, 0.15) is 22.6 Å². The van der Waals surface area contributed by atoms with Gasteiger partial charge in [0.1, 0.15) is 12.1 Å².